The average Bonchev–Trinajstić information content (AvgIpc) is 2.33. The number of amides is 1. The number of nitrogen functional groups attached to an aromatic ring is 1. The SMILES string of the molecule is Nc1cc(F)cc(C(=O)Nc2cccc(F)c2)c1F. The molecule has 2 rings (SSSR count). The monoisotopic (exact) mass is 266 g/mol. The van der Waals surface area contributed by atoms with E-state index < -0.39 is 34.6 Å². The van der Waals surface area contributed by atoms with Gasteiger partial charge < -0.3 is 11.1 Å². The van der Waals surface area contributed by atoms with Crippen molar-refractivity contribution in [2.45, 2.75) is 0 Å². The maximum atomic E-state index is 13.6. The lowest BCUT2D eigenvalue weighted by atomic mass is 10.1. The standard InChI is InChI=1S/C13H9F3N2O/c14-7-2-1-3-9(4-7)18-13(19)10-5-8(15)6-11(17)12(10)16/h1-6H,17H2,(H,18,19). The normalized spacial score (nSPS) is 10.3. The van der Waals surface area contributed by atoms with Crippen LogP contribution in [0.3, 0.4) is 0 Å². The molecule has 6 heteroatoms. The zero-order valence-corrected chi connectivity index (χ0v) is 9.58. The van der Waals surface area contributed by atoms with Crippen LogP contribution in [0.1, 0.15) is 10.4 Å². The summed E-state index contributed by atoms with van der Waals surface area (Å²) >= 11 is 0. The maximum absolute atomic E-state index is 13.6. The number of carbonyl (C=O) groups is 1. The van der Waals surface area contributed by atoms with Crippen molar-refractivity contribution < 1.29 is 18.0 Å². The Hall–Kier alpha value is -2.50. The number of benzene rings is 2. The molecular formula is C13H9F3N2O. The molecule has 19 heavy (non-hydrogen) atoms. The van der Waals surface area contributed by atoms with Crippen molar-refractivity contribution in [3.8, 4) is 0 Å². The number of carbonyl (C=O) groups excluding carboxylic acids is 1. The van der Waals surface area contributed by atoms with E-state index in [0.29, 0.717) is 0 Å². The van der Waals surface area contributed by atoms with Gasteiger partial charge in [0.15, 0.2) is 5.82 Å². The van der Waals surface area contributed by atoms with E-state index in [9.17, 15) is 18.0 Å². The Labute approximate surface area is 106 Å². The maximum Gasteiger partial charge on any atom is 0.258 e. The fourth-order valence-electron chi connectivity index (χ4n) is 1.54. The van der Waals surface area contributed by atoms with Crippen molar-refractivity contribution in [3.63, 3.8) is 0 Å². The molecule has 0 spiro atoms. The molecule has 0 aliphatic rings. The average molecular weight is 266 g/mol. The minimum atomic E-state index is -1.02. The van der Waals surface area contributed by atoms with E-state index in [-0.39, 0.29) is 5.69 Å². The van der Waals surface area contributed by atoms with Gasteiger partial charge in [-0.2, -0.15) is 0 Å². The van der Waals surface area contributed by atoms with Crippen LogP contribution in [0.5, 0.6) is 0 Å². The van der Waals surface area contributed by atoms with E-state index in [2.05, 4.69) is 5.32 Å². The van der Waals surface area contributed by atoms with Gasteiger partial charge in [-0.25, -0.2) is 13.2 Å². The highest BCUT2D eigenvalue weighted by Gasteiger charge is 2.16. The molecule has 2 aromatic carbocycles. The number of nitrogens with one attached hydrogen (secondary N) is 1. The number of anilines is 2. The topological polar surface area (TPSA) is 55.1 Å². The Balaban J connectivity index is 2.30. The van der Waals surface area contributed by atoms with E-state index in [1.165, 1.54) is 18.2 Å². The summed E-state index contributed by atoms with van der Waals surface area (Å²) in [6, 6.07) is 6.53. The molecule has 1 amide bonds. The second kappa shape index (κ2) is 5.01. The van der Waals surface area contributed by atoms with E-state index in [1.807, 2.05) is 0 Å². The molecule has 0 saturated carbocycles. The molecule has 2 aromatic rings. The molecule has 0 atom stereocenters. The summed E-state index contributed by atoms with van der Waals surface area (Å²) in [4.78, 5) is 11.8. The molecule has 0 bridgehead atoms. The lowest BCUT2D eigenvalue weighted by Crippen LogP contribution is -2.15. The molecular weight excluding hydrogens is 257 g/mol. The molecule has 0 heterocycles. The number of hydrogen-bond donors (Lipinski definition) is 2. The number of halogens is 3. The van der Waals surface area contributed by atoms with E-state index in [1.54, 1.807) is 0 Å². The van der Waals surface area contributed by atoms with Crippen LogP contribution in [0.15, 0.2) is 36.4 Å². The smallest absolute Gasteiger partial charge is 0.258 e. The van der Waals surface area contributed by atoms with E-state index in [4.69, 9.17) is 5.73 Å². The van der Waals surface area contributed by atoms with Crippen molar-refractivity contribution in [1.82, 2.24) is 0 Å². The Morgan fingerprint density at radius 3 is 2.47 bits per heavy atom. The third kappa shape index (κ3) is 2.85. The summed E-state index contributed by atoms with van der Waals surface area (Å²) in [5.41, 5.74) is 4.35. The van der Waals surface area contributed by atoms with Crippen molar-refractivity contribution in [2.24, 2.45) is 0 Å². The summed E-state index contributed by atoms with van der Waals surface area (Å²) in [5, 5.41) is 2.25. The third-order valence-corrected chi connectivity index (χ3v) is 2.39. The fraction of sp³-hybridized carbons (Fsp3) is 0. The summed E-state index contributed by atoms with van der Waals surface area (Å²) in [5.74, 6) is -3.31. The second-order valence-corrected chi connectivity index (χ2v) is 3.82. The first-order chi connectivity index (χ1) is 8.97. The molecule has 3 nitrogen and oxygen atoms in total. The summed E-state index contributed by atoms with van der Waals surface area (Å²) in [6.07, 6.45) is 0. The van der Waals surface area contributed by atoms with Gasteiger partial charge in [0.05, 0.1) is 11.3 Å². The van der Waals surface area contributed by atoms with Crippen LogP contribution in [0, 0.1) is 17.5 Å². The third-order valence-electron chi connectivity index (χ3n) is 2.39. The van der Waals surface area contributed by atoms with Crippen LogP contribution in [0.2, 0.25) is 0 Å². The molecule has 3 N–H and O–H groups in total. The van der Waals surface area contributed by atoms with Crippen LogP contribution in [0.25, 0.3) is 0 Å². The van der Waals surface area contributed by atoms with Crippen molar-refractivity contribution in [3.05, 3.63) is 59.4 Å². The van der Waals surface area contributed by atoms with Gasteiger partial charge in [-0.3, -0.25) is 4.79 Å². The molecule has 0 saturated heterocycles. The number of nitrogens with two attached hydrogens (primary N) is 1. The Kier molecular flexibility index (Phi) is 3.41. The molecule has 0 radical (unpaired) electrons. The van der Waals surface area contributed by atoms with Crippen LogP contribution in [-0.2, 0) is 0 Å². The quantitative estimate of drug-likeness (QED) is 0.821. The largest absolute Gasteiger partial charge is 0.396 e. The molecule has 0 aliphatic carbocycles. The minimum absolute atomic E-state index is 0.132. The lowest BCUT2D eigenvalue weighted by Gasteiger charge is -2.07. The van der Waals surface area contributed by atoms with Gasteiger partial charge in [-0.05, 0) is 30.3 Å². The lowest BCUT2D eigenvalue weighted by molar-refractivity contribution is 0.102. The van der Waals surface area contributed by atoms with Crippen LogP contribution >= 0.6 is 0 Å². The number of hydrogen-bond acceptors (Lipinski definition) is 2. The predicted octanol–water partition coefficient (Wildman–Crippen LogP) is 2.94. The first-order valence-corrected chi connectivity index (χ1v) is 5.29. The van der Waals surface area contributed by atoms with Crippen LogP contribution in [-0.4, -0.2) is 5.91 Å². The predicted molar refractivity (Wildman–Crippen MR) is 65.1 cm³/mol. The highest BCUT2D eigenvalue weighted by molar-refractivity contribution is 6.05. The molecule has 0 unspecified atom stereocenters. The van der Waals surface area contributed by atoms with Crippen molar-refractivity contribution in [1.29, 1.82) is 0 Å². The molecule has 98 valence electrons. The van der Waals surface area contributed by atoms with Gasteiger partial charge in [0.2, 0.25) is 0 Å². The Bertz CT molecular complexity index is 644. The zero-order valence-electron chi connectivity index (χ0n) is 9.58. The van der Waals surface area contributed by atoms with Gasteiger partial charge in [0, 0.05) is 5.69 Å². The first-order valence-electron chi connectivity index (χ1n) is 5.29. The highest BCUT2D eigenvalue weighted by Crippen LogP contribution is 2.19. The zero-order chi connectivity index (χ0) is 14.0. The van der Waals surface area contributed by atoms with Crippen LogP contribution < -0.4 is 11.1 Å². The second-order valence-electron chi connectivity index (χ2n) is 3.82. The van der Waals surface area contributed by atoms with Gasteiger partial charge in [0.25, 0.3) is 5.91 Å². The summed E-state index contributed by atoms with van der Waals surface area (Å²) in [6.45, 7) is 0. The Morgan fingerprint density at radius 1 is 1.05 bits per heavy atom. The Morgan fingerprint density at radius 2 is 1.79 bits per heavy atom. The van der Waals surface area contributed by atoms with Crippen molar-refractivity contribution >= 4 is 17.3 Å². The summed E-state index contributed by atoms with van der Waals surface area (Å²) < 4.78 is 39.6. The number of rotatable bonds is 2. The van der Waals surface area contributed by atoms with Gasteiger partial charge >= 0.3 is 0 Å². The van der Waals surface area contributed by atoms with Gasteiger partial charge in [0.1, 0.15) is 11.6 Å². The molecule has 0 aliphatic heterocycles. The van der Waals surface area contributed by atoms with E-state index >= 15 is 0 Å². The van der Waals surface area contributed by atoms with Crippen molar-refractivity contribution in [2.75, 3.05) is 11.1 Å². The van der Waals surface area contributed by atoms with Gasteiger partial charge in [-0.15, -0.1) is 0 Å². The molecule has 0 fully saturated rings. The fourth-order valence-corrected chi connectivity index (χ4v) is 1.54. The van der Waals surface area contributed by atoms with Gasteiger partial charge in [-0.1, -0.05) is 6.07 Å². The molecule has 0 aromatic heterocycles. The van der Waals surface area contributed by atoms with E-state index in [0.717, 1.165) is 18.2 Å². The summed E-state index contributed by atoms with van der Waals surface area (Å²) in [7, 11) is 0. The van der Waals surface area contributed by atoms with Crippen LogP contribution in [0.4, 0.5) is 24.5 Å². The minimum Gasteiger partial charge on any atom is -0.396 e. The first kappa shape index (κ1) is 12.9. The highest BCUT2D eigenvalue weighted by atomic mass is 19.1.